The summed E-state index contributed by atoms with van der Waals surface area (Å²) in [6.07, 6.45) is 0. The Morgan fingerprint density at radius 1 is 1.10 bits per heavy atom. The fraction of sp³-hybridized carbons (Fsp3) is 0.0714. The molecule has 0 aromatic heterocycles. The molecule has 2 aromatic carbocycles. The van der Waals surface area contributed by atoms with E-state index in [9.17, 15) is 4.79 Å². The molecule has 0 heterocycles. The van der Waals surface area contributed by atoms with Crippen LogP contribution in [0.2, 0.25) is 0 Å². The van der Waals surface area contributed by atoms with Crippen LogP contribution >= 0.6 is 47.8 Å². The average molecular weight is 463 g/mol. The number of halogens is 3. The van der Waals surface area contributed by atoms with Crippen LogP contribution in [0.5, 0.6) is 0 Å². The second-order valence-electron chi connectivity index (χ2n) is 4.27. The maximum atomic E-state index is 12.3. The molecule has 0 fully saturated rings. The molecule has 2 aromatic rings. The molecular formula is C14H11Br3N2O. The second kappa shape index (κ2) is 6.28. The van der Waals surface area contributed by atoms with Crippen LogP contribution < -0.4 is 11.1 Å². The summed E-state index contributed by atoms with van der Waals surface area (Å²) in [4.78, 5) is 12.3. The van der Waals surface area contributed by atoms with E-state index in [1.807, 2.05) is 25.1 Å². The first-order valence-electron chi connectivity index (χ1n) is 5.70. The third-order valence-electron chi connectivity index (χ3n) is 2.78. The fourth-order valence-electron chi connectivity index (χ4n) is 1.65. The van der Waals surface area contributed by atoms with Gasteiger partial charge in [-0.1, -0.05) is 15.9 Å². The Balaban J connectivity index is 2.30. The summed E-state index contributed by atoms with van der Waals surface area (Å²) < 4.78 is 2.42. The maximum Gasteiger partial charge on any atom is 0.256 e. The smallest absolute Gasteiger partial charge is 0.256 e. The number of nitrogen functional groups attached to an aromatic ring is 1. The summed E-state index contributed by atoms with van der Waals surface area (Å²) in [5.41, 5.74) is 8.66. The van der Waals surface area contributed by atoms with Crippen molar-refractivity contribution < 1.29 is 4.79 Å². The Labute approximate surface area is 142 Å². The molecule has 20 heavy (non-hydrogen) atoms. The van der Waals surface area contributed by atoms with Gasteiger partial charge in [0.05, 0.1) is 11.3 Å². The van der Waals surface area contributed by atoms with E-state index in [2.05, 4.69) is 53.1 Å². The number of carbonyl (C=O) groups is 1. The predicted molar refractivity (Wildman–Crippen MR) is 93.1 cm³/mol. The van der Waals surface area contributed by atoms with Crippen molar-refractivity contribution in [1.29, 1.82) is 0 Å². The van der Waals surface area contributed by atoms with E-state index in [0.717, 1.165) is 19.0 Å². The molecular weight excluding hydrogens is 452 g/mol. The topological polar surface area (TPSA) is 55.1 Å². The fourth-order valence-corrected chi connectivity index (χ4v) is 3.43. The van der Waals surface area contributed by atoms with Crippen molar-refractivity contribution in [2.24, 2.45) is 0 Å². The Kier molecular flexibility index (Phi) is 4.88. The molecule has 0 aliphatic rings. The molecule has 0 saturated carbocycles. The molecule has 6 heteroatoms. The number of hydrogen-bond donors (Lipinski definition) is 2. The molecule has 0 bridgehead atoms. The molecule has 0 aliphatic carbocycles. The van der Waals surface area contributed by atoms with Gasteiger partial charge in [-0.3, -0.25) is 4.79 Å². The van der Waals surface area contributed by atoms with E-state index in [-0.39, 0.29) is 5.91 Å². The zero-order chi connectivity index (χ0) is 14.9. The summed E-state index contributed by atoms with van der Waals surface area (Å²) in [6.45, 7) is 1.91. The van der Waals surface area contributed by atoms with Gasteiger partial charge >= 0.3 is 0 Å². The molecule has 104 valence electrons. The summed E-state index contributed by atoms with van der Waals surface area (Å²) >= 11 is 10.2. The highest BCUT2D eigenvalue weighted by Crippen LogP contribution is 2.29. The first kappa shape index (κ1) is 15.5. The van der Waals surface area contributed by atoms with Crippen molar-refractivity contribution in [1.82, 2.24) is 0 Å². The number of anilines is 2. The molecule has 2 rings (SSSR count). The van der Waals surface area contributed by atoms with Gasteiger partial charge in [0.15, 0.2) is 0 Å². The summed E-state index contributed by atoms with van der Waals surface area (Å²) in [5.74, 6) is -0.201. The lowest BCUT2D eigenvalue weighted by Gasteiger charge is -2.11. The highest BCUT2D eigenvalue weighted by Gasteiger charge is 2.13. The van der Waals surface area contributed by atoms with Crippen LogP contribution in [-0.2, 0) is 0 Å². The monoisotopic (exact) mass is 460 g/mol. The van der Waals surface area contributed by atoms with E-state index in [4.69, 9.17) is 5.73 Å². The van der Waals surface area contributed by atoms with Crippen molar-refractivity contribution >= 4 is 65.1 Å². The lowest BCUT2D eigenvalue weighted by atomic mass is 10.1. The van der Waals surface area contributed by atoms with Gasteiger partial charge in [0.25, 0.3) is 5.91 Å². The highest BCUT2D eigenvalue weighted by molar-refractivity contribution is 9.11. The molecule has 0 saturated heterocycles. The number of aryl methyl sites for hydroxylation is 1. The quantitative estimate of drug-likeness (QED) is 0.609. The maximum absolute atomic E-state index is 12.3. The third kappa shape index (κ3) is 3.42. The standard InChI is InChI=1S/C14H11Br3N2O/c1-7-4-11(17)13(6-12(7)18)19-14(20)9-3-2-8(15)5-10(9)16/h2-6H,18H2,1H3,(H,19,20). The summed E-state index contributed by atoms with van der Waals surface area (Å²) in [7, 11) is 0. The highest BCUT2D eigenvalue weighted by atomic mass is 79.9. The number of carbonyl (C=O) groups excluding carboxylic acids is 1. The Hall–Kier alpha value is -0.850. The van der Waals surface area contributed by atoms with Crippen molar-refractivity contribution in [2.45, 2.75) is 6.92 Å². The van der Waals surface area contributed by atoms with Crippen LogP contribution in [0.3, 0.4) is 0 Å². The van der Waals surface area contributed by atoms with Gasteiger partial charge in [0.2, 0.25) is 0 Å². The molecule has 1 amide bonds. The molecule has 3 nitrogen and oxygen atoms in total. The second-order valence-corrected chi connectivity index (χ2v) is 6.89. The van der Waals surface area contributed by atoms with Crippen molar-refractivity contribution in [3.63, 3.8) is 0 Å². The van der Waals surface area contributed by atoms with E-state index in [0.29, 0.717) is 16.9 Å². The van der Waals surface area contributed by atoms with Gasteiger partial charge in [0.1, 0.15) is 0 Å². The number of benzene rings is 2. The Bertz CT molecular complexity index is 686. The lowest BCUT2D eigenvalue weighted by molar-refractivity contribution is 0.102. The van der Waals surface area contributed by atoms with Gasteiger partial charge < -0.3 is 11.1 Å². The van der Waals surface area contributed by atoms with Gasteiger partial charge in [-0.05, 0) is 74.7 Å². The number of amides is 1. The largest absolute Gasteiger partial charge is 0.398 e. The Morgan fingerprint density at radius 3 is 2.45 bits per heavy atom. The summed E-state index contributed by atoms with van der Waals surface area (Å²) in [5, 5.41) is 2.84. The number of rotatable bonds is 2. The number of nitrogens with two attached hydrogens (primary N) is 1. The van der Waals surface area contributed by atoms with E-state index in [1.54, 1.807) is 12.1 Å². The van der Waals surface area contributed by atoms with Crippen LogP contribution in [0.25, 0.3) is 0 Å². The number of hydrogen-bond acceptors (Lipinski definition) is 2. The molecule has 0 unspecified atom stereocenters. The molecule has 0 aliphatic heterocycles. The van der Waals surface area contributed by atoms with Crippen LogP contribution in [0, 0.1) is 6.92 Å². The van der Waals surface area contributed by atoms with E-state index < -0.39 is 0 Å². The Morgan fingerprint density at radius 2 is 1.80 bits per heavy atom. The SMILES string of the molecule is Cc1cc(Br)c(NC(=O)c2ccc(Br)cc2Br)cc1N. The lowest BCUT2D eigenvalue weighted by Crippen LogP contribution is -2.13. The van der Waals surface area contributed by atoms with Gasteiger partial charge in [-0.2, -0.15) is 0 Å². The van der Waals surface area contributed by atoms with Crippen LogP contribution in [0.15, 0.2) is 43.7 Å². The first-order chi connectivity index (χ1) is 9.38. The zero-order valence-corrected chi connectivity index (χ0v) is 15.3. The normalized spacial score (nSPS) is 10.4. The van der Waals surface area contributed by atoms with Gasteiger partial charge in [-0.15, -0.1) is 0 Å². The average Bonchev–Trinajstić information content (AvgIpc) is 2.35. The minimum atomic E-state index is -0.201. The predicted octanol–water partition coefficient (Wildman–Crippen LogP) is 5.12. The van der Waals surface area contributed by atoms with Gasteiger partial charge in [0, 0.05) is 19.1 Å². The minimum absolute atomic E-state index is 0.201. The molecule has 0 radical (unpaired) electrons. The van der Waals surface area contributed by atoms with Crippen molar-refractivity contribution in [3.8, 4) is 0 Å². The zero-order valence-electron chi connectivity index (χ0n) is 10.5. The van der Waals surface area contributed by atoms with E-state index in [1.165, 1.54) is 0 Å². The van der Waals surface area contributed by atoms with Gasteiger partial charge in [-0.25, -0.2) is 0 Å². The molecule has 0 spiro atoms. The minimum Gasteiger partial charge on any atom is -0.398 e. The summed E-state index contributed by atoms with van der Waals surface area (Å²) in [6, 6.07) is 9.01. The molecule has 3 N–H and O–H groups in total. The van der Waals surface area contributed by atoms with Crippen molar-refractivity contribution in [3.05, 3.63) is 54.9 Å². The van der Waals surface area contributed by atoms with Crippen LogP contribution in [0.1, 0.15) is 15.9 Å². The third-order valence-corrected chi connectivity index (χ3v) is 4.59. The first-order valence-corrected chi connectivity index (χ1v) is 8.08. The number of nitrogens with one attached hydrogen (secondary N) is 1. The van der Waals surface area contributed by atoms with Crippen LogP contribution in [0.4, 0.5) is 11.4 Å². The van der Waals surface area contributed by atoms with Crippen molar-refractivity contribution in [2.75, 3.05) is 11.1 Å². The van der Waals surface area contributed by atoms with Crippen LogP contribution in [-0.4, -0.2) is 5.91 Å². The molecule has 0 atom stereocenters. The van der Waals surface area contributed by atoms with E-state index >= 15 is 0 Å².